The van der Waals surface area contributed by atoms with E-state index in [9.17, 15) is 24.3 Å². The lowest BCUT2D eigenvalue weighted by molar-refractivity contribution is -0.148. The first-order chi connectivity index (χ1) is 27.7. The number of ether oxygens (including phenoxy) is 2. The number of aliphatic hydroxyl groups excluding tert-OH is 1. The molecule has 0 spiro atoms. The number of amides is 2. The van der Waals surface area contributed by atoms with Crippen molar-refractivity contribution in [3.8, 4) is 11.3 Å². The highest BCUT2D eigenvalue weighted by Gasteiger charge is 2.37. The van der Waals surface area contributed by atoms with Gasteiger partial charge in [-0.25, -0.2) is 9.80 Å². The second-order valence-corrected chi connectivity index (χ2v) is 13.8. The Hall–Kier alpha value is -4.61. The SMILES string of the molecule is [2H]C([2H])([2H])OC(=O)C[C@H](C(=O)NN(Cc1ccc(-c2ccccn2)cc1)C[C@H](O)[C@@H](CC(=O)[C@@H](NC(=O)OC)C(C)(C)C)Cc1ccccc1)C(C)(C([2H])([2H])[2H])C([2H])([2H])[2H]. The molecule has 3 rings (SSSR count). The van der Waals surface area contributed by atoms with Crippen LogP contribution in [0.2, 0.25) is 0 Å². The molecule has 3 aromatic rings. The fourth-order valence-electron chi connectivity index (χ4n) is 5.65. The number of aromatic nitrogens is 1. The van der Waals surface area contributed by atoms with Crippen molar-refractivity contribution >= 4 is 23.8 Å². The van der Waals surface area contributed by atoms with Crippen molar-refractivity contribution in [1.29, 1.82) is 0 Å². The van der Waals surface area contributed by atoms with E-state index in [2.05, 4.69) is 20.5 Å². The lowest BCUT2D eigenvalue weighted by Crippen LogP contribution is -2.52. The van der Waals surface area contributed by atoms with Crippen LogP contribution in [0.5, 0.6) is 0 Å². The Morgan fingerprint density at radius 1 is 0.882 bits per heavy atom. The van der Waals surface area contributed by atoms with Crippen LogP contribution in [0.4, 0.5) is 4.79 Å². The summed E-state index contributed by atoms with van der Waals surface area (Å²) in [6.07, 6.45) is -1.96. The maximum absolute atomic E-state index is 14.4. The van der Waals surface area contributed by atoms with Gasteiger partial charge in [0.2, 0.25) is 5.91 Å². The van der Waals surface area contributed by atoms with E-state index in [0.717, 1.165) is 25.2 Å². The van der Waals surface area contributed by atoms with Crippen LogP contribution < -0.4 is 10.7 Å². The molecular weight excluding hydrogens is 648 g/mol. The first-order valence-electron chi connectivity index (χ1n) is 21.0. The Labute approximate surface area is 314 Å². The molecule has 3 N–H and O–H groups in total. The zero-order chi connectivity index (χ0) is 45.3. The van der Waals surface area contributed by atoms with Gasteiger partial charge in [0.05, 0.1) is 48.4 Å². The summed E-state index contributed by atoms with van der Waals surface area (Å²) < 4.78 is 80.6. The molecule has 1 aromatic heterocycles. The van der Waals surface area contributed by atoms with Gasteiger partial charge in [-0.15, -0.1) is 0 Å². The van der Waals surface area contributed by atoms with Gasteiger partial charge in [0.1, 0.15) is 0 Å². The summed E-state index contributed by atoms with van der Waals surface area (Å²) in [6, 6.07) is 20.3. The van der Waals surface area contributed by atoms with E-state index in [1.807, 2.05) is 6.07 Å². The molecule has 0 bridgehead atoms. The predicted octanol–water partition coefficient (Wildman–Crippen LogP) is 5.76. The van der Waals surface area contributed by atoms with Crippen molar-refractivity contribution in [1.82, 2.24) is 20.7 Å². The van der Waals surface area contributed by atoms with E-state index >= 15 is 0 Å². The zero-order valence-electron chi connectivity index (χ0n) is 38.6. The number of nitrogens with one attached hydrogen (secondary N) is 2. The molecule has 0 unspecified atom stereocenters. The Bertz CT molecular complexity index is 1870. The first-order valence-corrected chi connectivity index (χ1v) is 16.5. The first kappa shape index (κ1) is 29.0. The number of hydrogen-bond acceptors (Lipinski definition) is 9. The fourth-order valence-corrected chi connectivity index (χ4v) is 5.65. The number of hydrazine groups is 1. The summed E-state index contributed by atoms with van der Waals surface area (Å²) in [6.45, 7) is -1.33. The van der Waals surface area contributed by atoms with E-state index in [0.29, 0.717) is 11.3 Å². The molecule has 2 aromatic carbocycles. The van der Waals surface area contributed by atoms with Gasteiger partial charge >= 0.3 is 12.1 Å². The summed E-state index contributed by atoms with van der Waals surface area (Å²) in [7, 11) is -2.12. The molecule has 1 heterocycles. The number of hydrogen-bond donors (Lipinski definition) is 3. The highest BCUT2D eigenvalue weighted by Crippen LogP contribution is 2.30. The van der Waals surface area contributed by atoms with Crippen molar-refractivity contribution in [3.05, 3.63) is 90.1 Å². The molecule has 51 heavy (non-hydrogen) atoms. The molecule has 276 valence electrons. The van der Waals surface area contributed by atoms with Gasteiger partial charge in [-0.3, -0.25) is 24.8 Å². The van der Waals surface area contributed by atoms with Crippen LogP contribution in [0, 0.1) is 22.7 Å². The highest BCUT2D eigenvalue weighted by atomic mass is 16.5. The third kappa shape index (κ3) is 12.9. The predicted molar refractivity (Wildman–Crippen MR) is 196 cm³/mol. The van der Waals surface area contributed by atoms with E-state index in [1.54, 1.807) is 93.7 Å². The van der Waals surface area contributed by atoms with Gasteiger partial charge in [0, 0.05) is 39.5 Å². The quantitative estimate of drug-likeness (QED) is 0.125. The van der Waals surface area contributed by atoms with Gasteiger partial charge in [-0.05, 0) is 46.4 Å². The van der Waals surface area contributed by atoms with Gasteiger partial charge in [0.25, 0.3) is 0 Å². The maximum Gasteiger partial charge on any atom is 0.407 e. The minimum absolute atomic E-state index is 0.156. The standard InChI is InChI=1S/C40H54N4O7/c1-39(2,3)31(24-35(47)50-7)37(48)43-44(25-28-17-19-29(20-18-28)32-16-12-13-21-41-32)26-34(46)30(22-27-14-10-9-11-15-27)23-33(45)36(40(4,5)6)42-38(49)51-8/h9-21,30-31,34,36,46H,22-26H2,1-8H3,(H,42,49)(H,43,48)/t30-,31-,34+,36-/m1/s1/i1D3,2D3,7D3. The Balaban J connectivity index is 2.12. The number of nitrogens with zero attached hydrogens (tertiary/aromatic N) is 2. The van der Waals surface area contributed by atoms with Crippen LogP contribution in [-0.4, -0.2) is 71.7 Å². The smallest absolute Gasteiger partial charge is 0.407 e. The Morgan fingerprint density at radius 2 is 1.57 bits per heavy atom. The Morgan fingerprint density at radius 3 is 2.16 bits per heavy atom. The number of carbonyl (C=O) groups is 4. The number of rotatable bonds is 16. The monoisotopic (exact) mass is 711 g/mol. The van der Waals surface area contributed by atoms with Crippen LogP contribution >= 0.6 is 0 Å². The van der Waals surface area contributed by atoms with Gasteiger partial charge in [-0.2, -0.15) is 0 Å². The molecule has 4 atom stereocenters. The second kappa shape index (κ2) is 18.6. The molecule has 0 aliphatic rings. The second-order valence-electron chi connectivity index (χ2n) is 13.8. The molecule has 0 saturated heterocycles. The number of Topliss-reactive ketones (excluding diaryl/α,β-unsaturated/α-hetero) is 1. The normalized spacial score (nSPS) is 17.5. The lowest BCUT2D eigenvalue weighted by Gasteiger charge is -2.35. The molecule has 0 radical (unpaired) electrons. The summed E-state index contributed by atoms with van der Waals surface area (Å²) in [4.78, 5) is 57.9. The van der Waals surface area contributed by atoms with Gasteiger partial charge in [0.15, 0.2) is 5.78 Å². The van der Waals surface area contributed by atoms with E-state index < -0.39 is 92.3 Å². The van der Waals surface area contributed by atoms with Gasteiger partial charge in [-0.1, -0.05) is 102 Å². The number of aliphatic hydroxyl groups is 1. The van der Waals surface area contributed by atoms with Gasteiger partial charge < -0.3 is 19.9 Å². The molecule has 11 nitrogen and oxygen atoms in total. The topological polar surface area (TPSA) is 147 Å². The van der Waals surface area contributed by atoms with Crippen molar-refractivity contribution in [2.24, 2.45) is 22.7 Å². The maximum atomic E-state index is 14.4. The molecule has 2 amide bonds. The van der Waals surface area contributed by atoms with Crippen molar-refractivity contribution < 1.29 is 46.1 Å². The number of benzene rings is 2. The zero-order valence-corrected chi connectivity index (χ0v) is 29.6. The molecule has 0 aliphatic carbocycles. The third-order valence-electron chi connectivity index (χ3n) is 8.45. The van der Waals surface area contributed by atoms with Crippen LogP contribution in [-0.2, 0) is 36.8 Å². The molecular formula is C40H54N4O7. The largest absolute Gasteiger partial charge is 0.469 e. The average Bonchev–Trinajstić information content (AvgIpc) is 3.14. The average molecular weight is 712 g/mol. The minimum Gasteiger partial charge on any atom is -0.469 e. The van der Waals surface area contributed by atoms with Crippen LogP contribution in [0.25, 0.3) is 11.3 Å². The molecule has 0 fully saturated rings. The van der Waals surface area contributed by atoms with E-state index in [1.165, 1.54) is 5.01 Å². The number of methoxy groups -OCH3 is 2. The summed E-state index contributed by atoms with van der Waals surface area (Å²) in [5, 5.41) is 15.8. The van der Waals surface area contributed by atoms with E-state index in [4.69, 9.17) is 17.1 Å². The number of alkyl carbamates (subject to hydrolysis) is 1. The van der Waals surface area contributed by atoms with Crippen molar-refractivity contribution in [3.63, 3.8) is 0 Å². The number of ketones is 1. The fraction of sp³-hybridized carbons (Fsp3) is 0.475. The Kier molecular flexibility index (Phi) is 10.6. The molecule has 0 saturated carbocycles. The third-order valence-corrected chi connectivity index (χ3v) is 8.45. The number of esters is 1. The van der Waals surface area contributed by atoms with Crippen LogP contribution in [0.15, 0.2) is 79.0 Å². The molecule has 11 heteroatoms. The van der Waals surface area contributed by atoms with E-state index in [-0.39, 0.29) is 19.4 Å². The van der Waals surface area contributed by atoms with Crippen LogP contribution in [0.3, 0.4) is 0 Å². The summed E-state index contributed by atoms with van der Waals surface area (Å²) in [5.41, 5.74) is 1.58. The number of pyridine rings is 1. The minimum atomic E-state index is -3.39. The summed E-state index contributed by atoms with van der Waals surface area (Å²) >= 11 is 0. The van der Waals surface area contributed by atoms with Crippen molar-refractivity contribution in [2.45, 2.75) is 79.4 Å². The highest BCUT2D eigenvalue weighted by molar-refractivity contribution is 5.88. The lowest BCUT2D eigenvalue weighted by atomic mass is 9.78. The number of carbonyl (C=O) groups excluding carboxylic acids is 4. The summed E-state index contributed by atoms with van der Waals surface area (Å²) in [5.74, 6) is -6.31. The van der Waals surface area contributed by atoms with Crippen molar-refractivity contribution in [2.75, 3.05) is 20.7 Å². The molecule has 0 aliphatic heterocycles. The van der Waals surface area contributed by atoms with Crippen LogP contribution in [0.1, 0.15) is 77.7 Å².